The molecular weight excluding hydrogens is 370 g/mol. The first kappa shape index (κ1) is 16.9. The van der Waals surface area contributed by atoms with Gasteiger partial charge in [-0.2, -0.15) is 0 Å². The number of pyridine rings is 1. The van der Waals surface area contributed by atoms with Crippen LogP contribution < -0.4 is 5.32 Å². The van der Waals surface area contributed by atoms with Gasteiger partial charge in [-0.3, -0.25) is 4.98 Å². The smallest absolute Gasteiger partial charge is 0.182 e. The zero-order valence-corrected chi connectivity index (χ0v) is 15.2. The summed E-state index contributed by atoms with van der Waals surface area (Å²) >= 11 is 1.58. The molecule has 0 aliphatic rings. The Kier molecular flexibility index (Phi) is 4.31. The van der Waals surface area contributed by atoms with Crippen molar-refractivity contribution in [1.29, 1.82) is 0 Å². The SMILES string of the molecule is O=S(=O)(CCO)c1cccc2c(Nc3ccc4scnc4c3)ccnc12. The Balaban J connectivity index is 1.81. The highest BCUT2D eigenvalue weighted by molar-refractivity contribution is 7.91. The molecule has 0 radical (unpaired) electrons. The van der Waals surface area contributed by atoms with Crippen LogP contribution in [0, 0.1) is 0 Å². The maximum Gasteiger partial charge on any atom is 0.182 e. The van der Waals surface area contributed by atoms with Gasteiger partial charge in [-0.25, -0.2) is 13.4 Å². The Labute approximate surface area is 154 Å². The number of aromatic nitrogens is 2. The fourth-order valence-electron chi connectivity index (χ4n) is 2.83. The molecule has 26 heavy (non-hydrogen) atoms. The molecule has 132 valence electrons. The minimum Gasteiger partial charge on any atom is -0.395 e. The van der Waals surface area contributed by atoms with E-state index in [1.165, 1.54) is 6.07 Å². The van der Waals surface area contributed by atoms with E-state index in [9.17, 15) is 8.42 Å². The second kappa shape index (κ2) is 6.64. The Morgan fingerprint density at radius 3 is 2.85 bits per heavy atom. The molecule has 8 heteroatoms. The van der Waals surface area contributed by atoms with Crippen LogP contribution in [0.25, 0.3) is 21.1 Å². The largest absolute Gasteiger partial charge is 0.395 e. The molecule has 0 amide bonds. The zero-order valence-electron chi connectivity index (χ0n) is 13.6. The van der Waals surface area contributed by atoms with Gasteiger partial charge in [0.05, 0.1) is 38.5 Å². The third kappa shape index (κ3) is 3.03. The van der Waals surface area contributed by atoms with E-state index in [4.69, 9.17) is 5.11 Å². The van der Waals surface area contributed by atoms with Crippen LogP contribution in [0.15, 0.2) is 59.1 Å². The summed E-state index contributed by atoms with van der Waals surface area (Å²) in [7, 11) is -3.60. The van der Waals surface area contributed by atoms with Gasteiger partial charge in [0.1, 0.15) is 0 Å². The van der Waals surface area contributed by atoms with E-state index in [1.807, 2.05) is 24.3 Å². The van der Waals surface area contributed by atoms with E-state index in [2.05, 4.69) is 15.3 Å². The van der Waals surface area contributed by atoms with Crippen molar-refractivity contribution in [3.8, 4) is 0 Å². The van der Waals surface area contributed by atoms with Crippen LogP contribution in [0.5, 0.6) is 0 Å². The summed E-state index contributed by atoms with van der Waals surface area (Å²) in [4.78, 5) is 8.70. The van der Waals surface area contributed by atoms with Crippen molar-refractivity contribution in [2.75, 3.05) is 17.7 Å². The number of hydrogen-bond donors (Lipinski definition) is 2. The number of benzene rings is 2. The number of para-hydroxylation sites is 1. The fourth-order valence-corrected chi connectivity index (χ4v) is 4.69. The van der Waals surface area contributed by atoms with Gasteiger partial charge in [-0.15, -0.1) is 11.3 Å². The van der Waals surface area contributed by atoms with Gasteiger partial charge in [-0.1, -0.05) is 12.1 Å². The molecule has 2 aromatic carbocycles. The van der Waals surface area contributed by atoms with Crippen LogP contribution >= 0.6 is 11.3 Å². The third-order valence-corrected chi connectivity index (χ3v) is 6.57. The van der Waals surface area contributed by atoms with Crippen molar-refractivity contribution in [3.63, 3.8) is 0 Å². The summed E-state index contributed by atoms with van der Waals surface area (Å²) in [6.07, 6.45) is 1.57. The van der Waals surface area contributed by atoms with Crippen molar-refractivity contribution in [3.05, 3.63) is 54.2 Å². The van der Waals surface area contributed by atoms with E-state index >= 15 is 0 Å². The molecule has 4 aromatic rings. The molecule has 0 bridgehead atoms. The van der Waals surface area contributed by atoms with E-state index in [0.29, 0.717) is 10.9 Å². The Morgan fingerprint density at radius 2 is 2.00 bits per heavy atom. The molecule has 0 saturated carbocycles. The van der Waals surface area contributed by atoms with E-state index in [1.54, 1.807) is 35.2 Å². The Hall–Kier alpha value is -2.55. The molecule has 0 aliphatic carbocycles. The number of anilines is 2. The summed E-state index contributed by atoms with van der Waals surface area (Å²) in [6.45, 7) is -0.426. The number of sulfone groups is 1. The Bertz CT molecular complexity index is 1200. The van der Waals surface area contributed by atoms with Gasteiger partial charge < -0.3 is 10.4 Å². The topological polar surface area (TPSA) is 92.2 Å². The number of fused-ring (bicyclic) bond motifs is 2. The average molecular weight is 385 g/mol. The zero-order chi connectivity index (χ0) is 18.1. The van der Waals surface area contributed by atoms with Crippen LogP contribution in [-0.2, 0) is 9.84 Å². The Morgan fingerprint density at radius 1 is 1.12 bits per heavy atom. The van der Waals surface area contributed by atoms with E-state index in [-0.39, 0.29) is 10.6 Å². The highest BCUT2D eigenvalue weighted by atomic mass is 32.2. The number of aliphatic hydroxyl groups excluding tert-OH is 1. The lowest BCUT2D eigenvalue weighted by Crippen LogP contribution is -2.11. The quantitative estimate of drug-likeness (QED) is 0.547. The summed E-state index contributed by atoms with van der Waals surface area (Å²) < 4.78 is 25.9. The van der Waals surface area contributed by atoms with Gasteiger partial charge in [0.25, 0.3) is 0 Å². The summed E-state index contributed by atoms with van der Waals surface area (Å²) in [5.41, 5.74) is 4.71. The predicted molar refractivity (Wildman–Crippen MR) is 104 cm³/mol. The maximum atomic E-state index is 12.4. The number of thiazole rings is 1. The van der Waals surface area contributed by atoms with Gasteiger partial charge in [-0.05, 0) is 30.3 Å². The lowest BCUT2D eigenvalue weighted by atomic mass is 10.2. The normalized spacial score (nSPS) is 11.9. The predicted octanol–water partition coefficient (Wildman–Crippen LogP) is 3.35. The van der Waals surface area contributed by atoms with Crippen LogP contribution in [0.3, 0.4) is 0 Å². The highest BCUT2D eigenvalue weighted by Gasteiger charge is 2.18. The summed E-state index contributed by atoms with van der Waals surface area (Å²) in [5, 5.41) is 13.1. The van der Waals surface area contributed by atoms with Crippen LogP contribution in [0.1, 0.15) is 0 Å². The first-order chi connectivity index (χ1) is 12.6. The monoisotopic (exact) mass is 385 g/mol. The number of rotatable bonds is 5. The molecule has 0 saturated heterocycles. The second-order valence-electron chi connectivity index (χ2n) is 5.71. The lowest BCUT2D eigenvalue weighted by Gasteiger charge is -2.12. The molecule has 6 nitrogen and oxygen atoms in total. The van der Waals surface area contributed by atoms with Crippen molar-refractivity contribution in [2.24, 2.45) is 0 Å². The molecule has 0 unspecified atom stereocenters. The molecule has 2 heterocycles. The van der Waals surface area contributed by atoms with Crippen molar-refractivity contribution < 1.29 is 13.5 Å². The minimum atomic E-state index is -3.60. The van der Waals surface area contributed by atoms with Crippen molar-refractivity contribution in [2.45, 2.75) is 4.90 Å². The lowest BCUT2D eigenvalue weighted by molar-refractivity contribution is 0.319. The summed E-state index contributed by atoms with van der Waals surface area (Å²) in [6, 6.07) is 12.7. The highest BCUT2D eigenvalue weighted by Crippen LogP contribution is 2.30. The molecule has 4 rings (SSSR count). The molecule has 2 N–H and O–H groups in total. The number of aliphatic hydroxyl groups is 1. The van der Waals surface area contributed by atoms with E-state index in [0.717, 1.165) is 21.6 Å². The first-order valence-corrected chi connectivity index (χ1v) is 10.4. The number of nitrogens with one attached hydrogen (secondary N) is 1. The number of nitrogens with zero attached hydrogens (tertiary/aromatic N) is 2. The van der Waals surface area contributed by atoms with Crippen molar-refractivity contribution >= 4 is 53.7 Å². The van der Waals surface area contributed by atoms with E-state index < -0.39 is 16.4 Å². The van der Waals surface area contributed by atoms with Crippen LogP contribution in [0.4, 0.5) is 11.4 Å². The summed E-state index contributed by atoms with van der Waals surface area (Å²) in [5.74, 6) is -0.327. The first-order valence-electron chi connectivity index (χ1n) is 7.90. The van der Waals surface area contributed by atoms with Gasteiger partial charge in [0.15, 0.2) is 9.84 Å². The van der Waals surface area contributed by atoms with Gasteiger partial charge >= 0.3 is 0 Å². The third-order valence-electron chi connectivity index (χ3n) is 4.04. The molecule has 0 atom stereocenters. The second-order valence-corrected chi connectivity index (χ2v) is 8.68. The molecule has 0 fully saturated rings. The van der Waals surface area contributed by atoms with Crippen LogP contribution in [-0.4, -0.2) is 35.9 Å². The number of hydrogen-bond acceptors (Lipinski definition) is 7. The average Bonchev–Trinajstić information content (AvgIpc) is 3.09. The fraction of sp³-hybridized carbons (Fsp3) is 0.111. The molecule has 0 aliphatic heterocycles. The standard InChI is InChI=1S/C18H15N3O3S2/c22-8-9-26(23,24)17-3-1-2-13-14(6-7-19-18(13)17)21-12-4-5-16-15(10-12)20-11-25-16/h1-7,10-11,22H,8-9H2,(H,19,21). The van der Waals surface area contributed by atoms with Crippen LogP contribution in [0.2, 0.25) is 0 Å². The van der Waals surface area contributed by atoms with Gasteiger partial charge in [0.2, 0.25) is 0 Å². The van der Waals surface area contributed by atoms with Crippen molar-refractivity contribution in [1.82, 2.24) is 9.97 Å². The van der Waals surface area contributed by atoms with Gasteiger partial charge in [0, 0.05) is 23.0 Å². The minimum absolute atomic E-state index is 0.127. The molecule has 0 spiro atoms. The molecular formula is C18H15N3O3S2. The molecule has 2 aromatic heterocycles. The maximum absolute atomic E-state index is 12.4.